The van der Waals surface area contributed by atoms with Gasteiger partial charge in [0.25, 0.3) is 0 Å². The highest BCUT2D eigenvalue weighted by Crippen LogP contribution is 2.37. The topological polar surface area (TPSA) is 58.6 Å². The van der Waals surface area contributed by atoms with Gasteiger partial charge in [0.05, 0.1) is 19.2 Å². The van der Waals surface area contributed by atoms with Crippen molar-refractivity contribution in [2.24, 2.45) is 0 Å². The summed E-state index contributed by atoms with van der Waals surface area (Å²) in [5.74, 6) is -0.428. The second-order valence-electron chi connectivity index (χ2n) is 7.82. The standard InChI is InChI=1S/C23H28N2O3S/c1-28-23(27)21-17-11-4-2-3-5-13-19(17)29-22(21)24-20(26)15-25-14-8-10-16-9-6-7-12-18(16)25/h6-7,9,12H,2-5,8,10-11,13-15H2,1H3,(H,24,26). The van der Waals surface area contributed by atoms with E-state index in [1.165, 1.54) is 30.4 Å². The van der Waals surface area contributed by atoms with Gasteiger partial charge in [0.15, 0.2) is 0 Å². The van der Waals surface area contributed by atoms with Crippen LogP contribution in [0.5, 0.6) is 0 Å². The second kappa shape index (κ2) is 8.99. The van der Waals surface area contributed by atoms with Crippen LogP contribution in [0.2, 0.25) is 0 Å². The number of fused-ring (bicyclic) bond motifs is 2. The number of carbonyl (C=O) groups excluding carboxylic acids is 2. The van der Waals surface area contributed by atoms with Crippen LogP contribution < -0.4 is 10.2 Å². The summed E-state index contributed by atoms with van der Waals surface area (Å²) in [4.78, 5) is 28.8. The molecule has 1 aromatic carbocycles. The van der Waals surface area contributed by atoms with Crippen molar-refractivity contribution in [2.45, 2.75) is 51.4 Å². The van der Waals surface area contributed by atoms with Crippen molar-refractivity contribution in [2.75, 3.05) is 30.4 Å². The van der Waals surface area contributed by atoms with Gasteiger partial charge in [0.2, 0.25) is 5.91 Å². The molecule has 0 saturated heterocycles. The quantitative estimate of drug-likeness (QED) is 0.747. The fourth-order valence-electron chi connectivity index (χ4n) is 4.44. The first-order chi connectivity index (χ1) is 14.2. The zero-order chi connectivity index (χ0) is 20.2. The number of ether oxygens (including phenoxy) is 1. The summed E-state index contributed by atoms with van der Waals surface area (Å²) in [7, 11) is 1.41. The summed E-state index contributed by atoms with van der Waals surface area (Å²) in [5.41, 5.74) is 4.09. The molecule has 0 unspecified atom stereocenters. The van der Waals surface area contributed by atoms with E-state index in [0.29, 0.717) is 17.1 Å². The zero-order valence-corrected chi connectivity index (χ0v) is 17.8. The molecule has 1 aliphatic heterocycles. The van der Waals surface area contributed by atoms with Crippen LogP contribution in [0.15, 0.2) is 24.3 Å². The minimum atomic E-state index is -0.346. The molecule has 1 aliphatic carbocycles. The summed E-state index contributed by atoms with van der Waals surface area (Å²) >= 11 is 1.55. The maximum atomic E-state index is 12.9. The van der Waals surface area contributed by atoms with Crippen LogP contribution in [-0.2, 0) is 28.8 Å². The minimum Gasteiger partial charge on any atom is -0.465 e. The summed E-state index contributed by atoms with van der Waals surface area (Å²) < 4.78 is 5.06. The molecule has 2 aromatic rings. The molecule has 6 heteroatoms. The third kappa shape index (κ3) is 4.32. The van der Waals surface area contributed by atoms with Crippen molar-refractivity contribution >= 4 is 33.9 Å². The molecule has 0 bridgehead atoms. The Labute approximate surface area is 176 Å². The molecule has 29 heavy (non-hydrogen) atoms. The summed E-state index contributed by atoms with van der Waals surface area (Å²) in [6, 6.07) is 8.28. The predicted octanol–water partition coefficient (Wildman–Crippen LogP) is 4.59. The molecular formula is C23H28N2O3S. The smallest absolute Gasteiger partial charge is 0.341 e. The molecule has 1 amide bonds. The number of benzene rings is 1. The molecule has 0 fully saturated rings. The Morgan fingerprint density at radius 2 is 1.86 bits per heavy atom. The number of para-hydroxylation sites is 1. The van der Waals surface area contributed by atoms with Gasteiger partial charge >= 0.3 is 5.97 Å². The second-order valence-corrected chi connectivity index (χ2v) is 8.92. The number of thiophene rings is 1. The fraction of sp³-hybridized carbons (Fsp3) is 0.478. The van der Waals surface area contributed by atoms with E-state index in [1.54, 1.807) is 11.3 Å². The number of carbonyl (C=O) groups is 2. The lowest BCUT2D eigenvalue weighted by Crippen LogP contribution is -2.36. The normalized spacial score (nSPS) is 16.2. The molecular weight excluding hydrogens is 384 g/mol. The van der Waals surface area contributed by atoms with E-state index in [0.717, 1.165) is 56.3 Å². The average molecular weight is 413 g/mol. The van der Waals surface area contributed by atoms with Gasteiger partial charge in [-0.05, 0) is 55.7 Å². The van der Waals surface area contributed by atoms with Gasteiger partial charge in [0.1, 0.15) is 5.00 Å². The first-order valence-corrected chi connectivity index (χ1v) is 11.3. The van der Waals surface area contributed by atoms with Crippen LogP contribution in [-0.4, -0.2) is 32.1 Å². The molecule has 0 saturated carbocycles. The van der Waals surface area contributed by atoms with Crippen LogP contribution in [0.1, 0.15) is 58.5 Å². The van der Waals surface area contributed by atoms with Gasteiger partial charge in [-0.25, -0.2) is 4.79 Å². The lowest BCUT2D eigenvalue weighted by Gasteiger charge is -2.30. The predicted molar refractivity (Wildman–Crippen MR) is 117 cm³/mol. The Hall–Kier alpha value is -2.34. The monoisotopic (exact) mass is 412 g/mol. The SMILES string of the molecule is COC(=O)c1c(NC(=O)CN2CCCc3ccccc32)sc2c1CCCCCC2. The van der Waals surface area contributed by atoms with E-state index in [1.807, 2.05) is 12.1 Å². The van der Waals surface area contributed by atoms with Gasteiger partial charge in [-0.2, -0.15) is 0 Å². The molecule has 0 spiro atoms. The lowest BCUT2D eigenvalue weighted by molar-refractivity contribution is -0.115. The number of amides is 1. The highest BCUT2D eigenvalue weighted by Gasteiger charge is 2.26. The number of nitrogens with one attached hydrogen (secondary N) is 1. The highest BCUT2D eigenvalue weighted by molar-refractivity contribution is 7.17. The van der Waals surface area contributed by atoms with Crippen LogP contribution >= 0.6 is 11.3 Å². The van der Waals surface area contributed by atoms with Crippen LogP contribution in [0.4, 0.5) is 10.7 Å². The Bertz CT molecular complexity index is 906. The number of aryl methyl sites for hydroxylation is 2. The Kier molecular flexibility index (Phi) is 6.19. The minimum absolute atomic E-state index is 0.0823. The highest BCUT2D eigenvalue weighted by atomic mass is 32.1. The summed E-state index contributed by atoms with van der Waals surface area (Å²) in [6.45, 7) is 1.16. The number of hydrogen-bond acceptors (Lipinski definition) is 5. The average Bonchev–Trinajstić information content (AvgIpc) is 3.03. The summed E-state index contributed by atoms with van der Waals surface area (Å²) in [5, 5.41) is 3.69. The fourth-order valence-corrected chi connectivity index (χ4v) is 5.73. The molecule has 4 rings (SSSR count). The van der Waals surface area contributed by atoms with Crippen LogP contribution in [0, 0.1) is 0 Å². The van der Waals surface area contributed by atoms with Crippen LogP contribution in [0.3, 0.4) is 0 Å². The number of esters is 1. The molecule has 0 radical (unpaired) electrons. The first-order valence-electron chi connectivity index (χ1n) is 10.5. The van der Waals surface area contributed by atoms with Gasteiger partial charge in [0, 0.05) is 17.1 Å². The van der Waals surface area contributed by atoms with E-state index in [4.69, 9.17) is 4.74 Å². The van der Waals surface area contributed by atoms with Crippen LogP contribution in [0.25, 0.3) is 0 Å². The van der Waals surface area contributed by atoms with Gasteiger partial charge in [-0.3, -0.25) is 4.79 Å². The molecule has 0 atom stereocenters. The third-order valence-corrected chi connectivity index (χ3v) is 7.06. The number of rotatable bonds is 4. The molecule has 2 heterocycles. The molecule has 2 aliphatic rings. The van der Waals surface area contributed by atoms with Crippen molar-refractivity contribution in [1.29, 1.82) is 0 Å². The van der Waals surface area contributed by atoms with Crippen molar-refractivity contribution in [3.63, 3.8) is 0 Å². The summed E-state index contributed by atoms with van der Waals surface area (Å²) in [6.07, 6.45) is 8.57. The first kappa shape index (κ1) is 20.0. The van der Waals surface area contributed by atoms with E-state index in [9.17, 15) is 9.59 Å². The maximum Gasteiger partial charge on any atom is 0.341 e. The molecule has 5 nitrogen and oxygen atoms in total. The molecule has 1 aromatic heterocycles. The van der Waals surface area contributed by atoms with E-state index in [-0.39, 0.29) is 11.9 Å². The van der Waals surface area contributed by atoms with Crippen molar-refractivity contribution in [1.82, 2.24) is 0 Å². The van der Waals surface area contributed by atoms with Gasteiger partial charge < -0.3 is 15.0 Å². The van der Waals surface area contributed by atoms with Crippen molar-refractivity contribution < 1.29 is 14.3 Å². The van der Waals surface area contributed by atoms with Crippen molar-refractivity contribution in [3.05, 3.63) is 45.8 Å². The number of anilines is 2. The third-order valence-electron chi connectivity index (χ3n) is 5.85. The van der Waals surface area contributed by atoms with E-state index >= 15 is 0 Å². The number of methoxy groups -OCH3 is 1. The Balaban J connectivity index is 1.55. The van der Waals surface area contributed by atoms with E-state index in [2.05, 4.69) is 22.3 Å². The number of nitrogens with zero attached hydrogens (tertiary/aromatic N) is 1. The van der Waals surface area contributed by atoms with Crippen molar-refractivity contribution in [3.8, 4) is 0 Å². The lowest BCUT2D eigenvalue weighted by atomic mass is 9.96. The maximum absolute atomic E-state index is 12.9. The van der Waals surface area contributed by atoms with Gasteiger partial charge in [-0.1, -0.05) is 31.0 Å². The Morgan fingerprint density at radius 3 is 2.69 bits per heavy atom. The van der Waals surface area contributed by atoms with E-state index < -0.39 is 0 Å². The molecule has 1 N–H and O–H groups in total. The Morgan fingerprint density at radius 1 is 1.07 bits per heavy atom. The zero-order valence-electron chi connectivity index (χ0n) is 17.0. The van der Waals surface area contributed by atoms with Gasteiger partial charge in [-0.15, -0.1) is 11.3 Å². The number of hydrogen-bond donors (Lipinski definition) is 1. The largest absolute Gasteiger partial charge is 0.465 e. The molecule has 154 valence electrons.